The SMILES string of the molecule is COC(=O)[C@]1(CCCNC(=O)OCc2ccccc2)[C@H](C)C(=O)N1Cc1ccc(OC)cc1. The number of alkyl carbamates (subject to hydrolysis) is 1. The van der Waals surface area contributed by atoms with Gasteiger partial charge in [0, 0.05) is 13.1 Å². The van der Waals surface area contributed by atoms with E-state index in [2.05, 4.69) is 5.32 Å². The minimum absolute atomic E-state index is 0.105. The Morgan fingerprint density at radius 1 is 1.03 bits per heavy atom. The topological polar surface area (TPSA) is 94.2 Å². The Kier molecular flexibility index (Phi) is 7.92. The van der Waals surface area contributed by atoms with Gasteiger partial charge in [0.15, 0.2) is 5.54 Å². The Hall–Kier alpha value is -3.55. The summed E-state index contributed by atoms with van der Waals surface area (Å²) < 4.78 is 15.5. The molecule has 1 saturated heterocycles. The Bertz CT molecular complexity index is 963. The molecular formula is C25H30N2O6. The molecule has 1 fully saturated rings. The van der Waals surface area contributed by atoms with Crippen LogP contribution < -0.4 is 10.1 Å². The molecule has 0 aliphatic carbocycles. The van der Waals surface area contributed by atoms with Crippen LogP contribution in [0.2, 0.25) is 0 Å². The fourth-order valence-corrected chi connectivity index (χ4v) is 4.17. The van der Waals surface area contributed by atoms with E-state index in [1.54, 1.807) is 18.9 Å². The lowest BCUT2D eigenvalue weighted by Crippen LogP contribution is -2.73. The van der Waals surface area contributed by atoms with E-state index in [0.717, 1.165) is 11.1 Å². The third kappa shape index (κ3) is 5.27. The van der Waals surface area contributed by atoms with E-state index in [-0.39, 0.29) is 19.1 Å². The second-order valence-corrected chi connectivity index (χ2v) is 8.00. The number of carbonyl (C=O) groups excluding carboxylic acids is 3. The summed E-state index contributed by atoms with van der Waals surface area (Å²) in [6.45, 7) is 2.52. The van der Waals surface area contributed by atoms with Crippen LogP contribution >= 0.6 is 0 Å². The smallest absolute Gasteiger partial charge is 0.407 e. The van der Waals surface area contributed by atoms with Crippen LogP contribution in [0.4, 0.5) is 4.79 Å². The molecule has 8 nitrogen and oxygen atoms in total. The Balaban J connectivity index is 1.58. The Morgan fingerprint density at radius 2 is 1.73 bits per heavy atom. The summed E-state index contributed by atoms with van der Waals surface area (Å²) in [5.41, 5.74) is 0.710. The number of nitrogens with zero attached hydrogens (tertiary/aromatic N) is 1. The zero-order chi connectivity index (χ0) is 23.8. The monoisotopic (exact) mass is 454 g/mol. The zero-order valence-corrected chi connectivity index (χ0v) is 19.2. The maximum absolute atomic E-state index is 12.8. The predicted molar refractivity (Wildman–Crippen MR) is 121 cm³/mol. The van der Waals surface area contributed by atoms with Crippen molar-refractivity contribution in [2.75, 3.05) is 20.8 Å². The van der Waals surface area contributed by atoms with Crippen LogP contribution in [-0.2, 0) is 32.2 Å². The molecule has 3 rings (SSSR count). The third-order valence-corrected chi connectivity index (χ3v) is 6.09. The van der Waals surface area contributed by atoms with Crippen molar-refractivity contribution in [2.24, 2.45) is 5.92 Å². The summed E-state index contributed by atoms with van der Waals surface area (Å²) >= 11 is 0. The molecule has 2 amide bonds. The fraction of sp³-hybridized carbons (Fsp3) is 0.400. The molecular weight excluding hydrogens is 424 g/mol. The number of hydrogen-bond acceptors (Lipinski definition) is 6. The van der Waals surface area contributed by atoms with Gasteiger partial charge in [-0.25, -0.2) is 9.59 Å². The van der Waals surface area contributed by atoms with Gasteiger partial charge in [-0.2, -0.15) is 0 Å². The second-order valence-electron chi connectivity index (χ2n) is 8.00. The Labute approximate surface area is 193 Å². The molecule has 2 aromatic rings. The summed E-state index contributed by atoms with van der Waals surface area (Å²) in [6.07, 6.45) is 0.312. The maximum atomic E-state index is 12.8. The van der Waals surface area contributed by atoms with Crippen LogP contribution in [0.3, 0.4) is 0 Å². The van der Waals surface area contributed by atoms with Gasteiger partial charge < -0.3 is 24.4 Å². The van der Waals surface area contributed by atoms with Crippen LogP contribution in [-0.4, -0.2) is 49.2 Å². The van der Waals surface area contributed by atoms with Gasteiger partial charge in [-0.15, -0.1) is 0 Å². The third-order valence-electron chi connectivity index (χ3n) is 6.09. The highest BCUT2D eigenvalue weighted by Crippen LogP contribution is 2.43. The first kappa shape index (κ1) is 24.1. The number of amides is 2. The van der Waals surface area contributed by atoms with Gasteiger partial charge in [0.25, 0.3) is 0 Å². The van der Waals surface area contributed by atoms with Gasteiger partial charge >= 0.3 is 12.1 Å². The second kappa shape index (κ2) is 10.8. The molecule has 0 saturated carbocycles. The molecule has 0 radical (unpaired) electrons. The van der Waals surface area contributed by atoms with Gasteiger partial charge in [-0.1, -0.05) is 49.4 Å². The minimum atomic E-state index is -1.07. The number of rotatable bonds is 10. The van der Waals surface area contributed by atoms with Gasteiger partial charge in [0.2, 0.25) is 5.91 Å². The lowest BCUT2D eigenvalue weighted by Gasteiger charge is -2.54. The summed E-state index contributed by atoms with van der Waals surface area (Å²) in [5, 5.41) is 2.70. The van der Waals surface area contributed by atoms with Gasteiger partial charge in [-0.05, 0) is 36.1 Å². The van der Waals surface area contributed by atoms with E-state index in [9.17, 15) is 14.4 Å². The largest absolute Gasteiger partial charge is 0.497 e. The normalized spacial score (nSPS) is 19.4. The van der Waals surface area contributed by atoms with Crippen LogP contribution in [0.25, 0.3) is 0 Å². The highest BCUT2D eigenvalue weighted by atomic mass is 16.5. The van der Waals surface area contributed by atoms with Crippen molar-refractivity contribution in [3.05, 3.63) is 65.7 Å². The first-order valence-electron chi connectivity index (χ1n) is 10.9. The number of methoxy groups -OCH3 is 2. The number of esters is 1. The first-order chi connectivity index (χ1) is 15.9. The van der Waals surface area contributed by atoms with E-state index in [0.29, 0.717) is 25.1 Å². The van der Waals surface area contributed by atoms with E-state index >= 15 is 0 Å². The van der Waals surface area contributed by atoms with E-state index < -0.39 is 23.5 Å². The predicted octanol–water partition coefficient (Wildman–Crippen LogP) is 3.29. The molecule has 2 aromatic carbocycles. The highest BCUT2D eigenvalue weighted by Gasteiger charge is 2.62. The number of nitrogens with one attached hydrogen (secondary N) is 1. The van der Waals surface area contributed by atoms with Crippen molar-refractivity contribution in [3.8, 4) is 5.75 Å². The van der Waals surface area contributed by atoms with Gasteiger partial charge in [-0.3, -0.25) is 4.79 Å². The molecule has 0 bridgehead atoms. The number of ether oxygens (including phenoxy) is 3. The number of hydrogen-bond donors (Lipinski definition) is 1. The van der Waals surface area contributed by atoms with Crippen LogP contribution in [0.1, 0.15) is 30.9 Å². The van der Waals surface area contributed by atoms with Crippen molar-refractivity contribution >= 4 is 18.0 Å². The molecule has 0 unspecified atom stereocenters. The summed E-state index contributed by atoms with van der Waals surface area (Å²) in [5.74, 6) is -0.346. The van der Waals surface area contributed by atoms with Crippen molar-refractivity contribution < 1.29 is 28.6 Å². The molecule has 1 aliphatic heterocycles. The fourth-order valence-electron chi connectivity index (χ4n) is 4.17. The number of benzene rings is 2. The van der Waals surface area contributed by atoms with Crippen molar-refractivity contribution in [1.82, 2.24) is 10.2 Å². The molecule has 0 aromatic heterocycles. The number of likely N-dealkylation sites (tertiary alicyclic amines) is 1. The number of carbonyl (C=O) groups is 3. The molecule has 8 heteroatoms. The van der Waals surface area contributed by atoms with E-state index in [4.69, 9.17) is 14.2 Å². The zero-order valence-electron chi connectivity index (χ0n) is 19.2. The Morgan fingerprint density at radius 3 is 2.36 bits per heavy atom. The first-order valence-corrected chi connectivity index (χ1v) is 10.9. The van der Waals surface area contributed by atoms with E-state index in [1.165, 1.54) is 7.11 Å². The summed E-state index contributed by atoms with van der Waals surface area (Å²) in [6, 6.07) is 16.7. The molecule has 1 heterocycles. The van der Waals surface area contributed by atoms with Crippen molar-refractivity contribution in [3.63, 3.8) is 0 Å². The molecule has 33 heavy (non-hydrogen) atoms. The minimum Gasteiger partial charge on any atom is -0.497 e. The lowest BCUT2D eigenvalue weighted by atomic mass is 9.70. The molecule has 0 spiro atoms. The molecule has 1 aliphatic rings. The van der Waals surface area contributed by atoms with Crippen molar-refractivity contribution in [1.29, 1.82) is 0 Å². The number of β-lactam (4-membered cyclic amide) rings is 1. The highest BCUT2D eigenvalue weighted by molar-refractivity contribution is 6.00. The molecule has 1 N–H and O–H groups in total. The quantitative estimate of drug-likeness (QED) is 0.336. The summed E-state index contributed by atoms with van der Waals surface area (Å²) in [4.78, 5) is 39.1. The average molecular weight is 455 g/mol. The van der Waals surface area contributed by atoms with Gasteiger partial charge in [0.05, 0.1) is 20.1 Å². The lowest BCUT2D eigenvalue weighted by molar-refractivity contribution is -0.191. The van der Waals surface area contributed by atoms with Crippen molar-refractivity contribution in [2.45, 2.75) is 38.5 Å². The van der Waals surface area contributed by atoms with Crippen LogP contribution in [0, 0.1) is 5.92 Å². The molecule has 2 atom stereocenters. The van der Waals surface area contributed by atoms with E-state index in [1.807, 2.05) is 54.6 Å². The summed E-state index contributed by atoms with van der Waals surface area (Å²) in [7, 11) is 2.91. The molecule has 176 valence electrons. The van der Waals surface area contributed by atoms with Crippen LogP contribution in [0.15, 0.2) is 54.6 Å². The van der Waals surface area contributed by atoms with Crippen LogP contribution in [0.5, 0.6) is 5.75 Å². The standard InChI is InChI=1S/C25H30N2O6/c1-18-22(28)27(16-19-10-12-21(31-2)13-11-19)25(18,23(29)32-3)14-7-15-26-24(30)33-17-20-8-5-4-6-9-20/h4-6,8-13,18H,7,14-17H2,1-3H3,(H,26,30)/t18-,25+/m1/s1. The maximum Gasteiger partial charge on any atom is 0.407 e. The van der Waals surface area contributed by atoms with Gasteiger partial charge in [0.1, 0.15) is 12.4 Å². The average Bonchev–Trinajstić information content (AvgIpc) is 2.86.